The molecule has 0 aliphatic carbocycles. The van der Waals surface area contributed by atoms with Crippen molar-refractivity contribution in [2.45, 2.75) is 6.42 Å². The highest BCUT2D eigenvalue weighted by Gasteiger charge is 2.09. The van der Waals surface area contributed by atoms with E-state index in [1.54, 1.807) is 24.3 Å². The van der Waals surface area contributed by atoms with Gasteiger partial charge in [0.05, 0.1) is 32.3 Å². The van der Waals surface area contributed by atoms with Crippen molar-refractivity contribution in [1.82, 2.24) is 0 Å². The Kier molecular flexibility index (Phi) is 4.77. The van der Waals surface area contributed by atoms with Crippen LogP contribution in [-0.4, -0.2) is 20.5 Å². The quantitative estimate of drug-likeness (QED) is 0.730. The number of benzene rings is 1. The third-order valence-electron chi connectivity index (χ3n) is 2.20. The molecule has 0 saturated heterocycles. The van der Waals surface area contributed by atoms with E-state index in [-0.39, 0.29) is 0 Å². The number of nitriles is 1. The van der Waals surface area contributed by atoms with Gasteiger partial charge in [0.1, 0.15) is 17.8 Å². The molecule has 0 heterocycles. The minimum atomic E-state index is 0.307. The zero-order valence-corrected chi connectivity index (χ0v) is 9.77. The molecule has 0 N–H and O–H groups in total. The fraction of sp³-hybridized carbons (Fsp3) is 0.231. The minimum absolute atomic E-state index is 0.307. The summed E-state index contributed by atoms with van der Waals surface area (Å²) in [6.07, 6.45) is 4.49. The molecule has 0 aliphatic rings. The molecule has 0 atom stereocenters. The maximum Gasteiger partial charge on any atom is 0.150 e. The average molecular weight is 231 g/mol. The number of hydrogen-bond donors (Lipinski definition) is 0. The number of allylic oxidation sites excluding steroid dienone is 1. The van der Waals surface area contributed by atoms with Gasteiger partial charge in [0.15, 0.2) is 0 Å². The molecule has 0 amide bonds. The van der Waals surface area contributed by atoms with Crippen molar-refractivity contribution in [3.05, 3.63) is 29.3 Å². The van der Waals surface area contributed by atoms with E-state index in [0.717, 1.165) is 11.8 Å². The molecule has 0 radical (unpaired) electrons. The van der Waals surface area contributed by atoms with Gasteiger partial charge in [-0.05, 0) is 12.1 Å². The Labute approximate surface area is 100 Å². The summed E-state index contributed by atoms with van der Waals surface area (Å²) in [6.45, 7) is 0. The molecule has 0 fully saturated rings. The lowest BCUT2D eigenvalue weighted by Gasteiger charge is -2.10. The Morgan fingerprint density at radius 3 is 2.29 bits per heavy atom. The maximum absolute atomic E-state index is 10.7. The lowest BCUT2D eigenvalue weighted by atomic mass is 10.1. The van der Waals surface area contributed by atoms with E-state index in [4.69, 9.17) is 14.7 Å². The van der Waals surface area contributed by atoms with Gasteiger partial charge in [0.25, 0.3) is 0 Å². The van der Waals surface area contributed by atoms with E-state index in [2.05, 4.69) is 0 Å². The van der Waals surface area contributed by atoms with Crippen LogP contribution in [0.15, 0.2) is 18.2 Å². The van der Waals surface area contributed by atoms with Crippen LogP contribution in [0.2, 0.25) is 0 Å². The van der Waals surface area contributed by atoms with Crippen molar-refractivity contribution >= 4 is 12.4 Å². The van der Waals surface area contributed by atoms with E-state index >= 15 is 0 Å². The van der Waals surface area contributed by atoms with Crippen LogP contribution in [0, 0.1) is 11.3 Å². The van der Waals surface area contributed by atoms with Gasteiger partial charge in [0.2, 0.25) is 0 Å². The van der Waals surface area contributed by atoms with Crippen LogP contribution >= 0.6 is 0 Å². The van der Waals surface area contributed by atoms with Crippen molar-refractivity contribution in [1.29, 1.82) is 5.26 Å². The first-order valence-corrected chi connectivity index (χ1v) is 5.01. The van der Waals surface area contributed by atoms with E-state index in [1.165, 1.54) is 14.2 Å². The third-order valence-corrected chi connectivity index (χ3v) is 2.20. The molecular weight excluding hydrogens is 218 g/mol. The van der Waals surface area contributed by atoms with Gasteiger partial charge in [-0.2, -0.15) is 5.26 Å². The molecule has 0 aromatic heterocycles. The van der Waals surface area contributed by atoms with E-state index in [9.17, 15) is 4.79 Å². The second kappa shape index (κ2) is 6.33. The number of carbonyl (C=O) groups is 1. The Bertz CT molecular complexity index is 447. The molecule has 1 aromatic carbocycles. The van der Waals surface area contributed by atoms with Crippen LogP contribution in [-0.2, 0) is 0 Å². The number of hydrogen-bond acceptors (Lipinski definition) is 4. The molecule has 4 heteroatoms. The normalized spacial score (nSPS) is 9.94. The first-order chi connectivity index (χ1) is 8.26. The smallest absolute Gasteiger partial charge is 0.150 e. The SMILES string of the molecule is COc1cc(C=O)cc(OC)c1C=CCC#N. The summed E-state index contributed by atoms with van der Waals surface area (Å²) in [4.78, 5) is 10.7. The molecule has 0 bridgehead atoms. The number of rotatable bonds is 5. The largest absolute Gasteiger partial charge is 0.496 e. The highest BCUT2D eigenvalue weighted by atomic mass is 16.5. The summed E-state index contributed by atoms with van der Waals surface area (Å²) in [5.41, 5.74) is 1.20. The van der Waals surface area contributed by atoms with Crippen molar-refractivity contribution < 1.29 is 14.3 Å². The fourth-order valence-corrected chi connectivity index (χ4v) is 1.42. The van der Waals surface area contributed by atoms with Crippen molar-refractivity contribution in [3.63, 3.8) is 0 Å². The summed E-state index contributed by atoms with van der Waals surface area (Å²) >= 11 is 0. The predicted molar refractivity (Wildman–Crippen MR) is 64.2 cm³/mol. The molecule has 88 valence electrons. The predicted octanol–water partition coefficient (Wildman–Crippen LogP) is 2.44. The topological polar surface area (TPSA) is 59.3 Å². The van der Waals surface area contributed by atoms with Crippen LogP contribution in [0.1, 0.15) is 22.3 Å². The van der Waals surface area contributed by atoms with E-state index in [0.29, 0.717) is 23.5 Å². The Balaban J connectivity index is 3.25. The van der Waals surface area contributed by atoms with Gasteiger partial charge in [-0.1, -0.05) is 12.2 Å². The fourth-order valence-electron chi connectivity index (χ4n) is 1.42. The summed E-state index contributed by atoms with van der Waals surface area (Å²) in [7, 11) is 3.04. The van der Waals surface area contributed by atoms with Gasteiger partial charge >= 0.3 is 0 Å². The molecular formula is C13H13NO3. The van der Waals surface area contributed by atoms with Crippen LogP contribution in [0.25, 0.3) is 6.08 Å². The lowest BCUT2D eigenvalue weighted by Crippen LogP contribution is -1.95. The zero-order valence-electron chi connectivity index (χ0n) is 9.77. The van der Waals surface area contributed by atoms with Gasteiger partial charge in [0, 0.05) is 5.56 Å². The Morgan fingerprint density at radius 1 is 1.29 bits per heavy atom. The van der Waals surface area contributed by atoms with Gasteiger partial charge in [-0.25, -0.2) is 0 Å². The average Bonchev–Trinajstić information content (AvgIpc) is 2.38. The van der Waals surface area contributed by atoms with Gasteiger partial charge in [-0.3, -0.25) is 4.79 Å². The number of nitrogens with zero attached hydrogens (tertiary/aromatic N) is 1. The Morgan fingerprint density at radius 2 is 1.88 bits per heavy atom. The molecule has 1 rings (SSSR count). The third kappa shape index (κ3) is 3.08. The van der Waals surface area contributed by atoms with Crippen molar-refractivity contribution in [2.75, 3.05) is 14.2 Å². The van der Waals surface area contributed by atoms with Crippen LogP contribution < -0.4 is 9.47 Å². The second-order valence-corrected chi connectivity index (χ2v) is 3.22. The molecule has 0 spiro atoms. The number of methoxy groups -OCH3 is 2. The minimum Gasteiger partial charge on any atom is -0.496 e. The molecule has 17 heavy (non-hydrogen) atoms. The Hall–Kier alpha value is -2.28. The molecule has 0 saturated carbocycles. The molecule has 4 nitrogen and oxygen atoms in total. The molecule has 0 aliphatic heterocycles. The summed E-state index contributed by atoms with van der Waals surface area (Å²) in [5.74, 6) is 1.08. The summed E-state index contributed by atoms with van der Waals surface area (Å²) < 4.78 is 10.4. The highest BCUT2D eigenvalue weighted by Crippen LogP contribution is 2.31. The van der Waals surface area contributed by atoms with Gasteiger partial charge in [-0.15, -0.1) is 0 Å². The number of carbonyl (C=O) groups excluding carboxylic acids is 1. The number of ether oxygens (including phenoxy) is 2. The zero-order chi connectivity index (χ0) is 12.7. The van der Waals surface area contributed by atoms with Gasteiger partial charge < -0.3 is 9.47 Å². The van der Waals surface area contributed by atoms with E-state index in [1.807, 2.05) is 6.07 Å². The maximum atomic E-state index is 10.7. The second-order valence-electron chi connectivity index (χ2n) is 3.22. The molecule has 1 aromatic rings. The highest BCUT2D eigenvalue weighted by molar-refractivity contribution is 5.79. The standard InChI is InChI=1S/C13H13NO3/c1-16-12-7-10(9-15)8-13(17-2)11(12)5-3-4-6-14/h3,5,7-9H,4H2,1-2H3. The van der Waals surface area contributed by atoms with Crippen LogP contribution in [0.3, 0.4) is 0 Å². The summed E-state index contributed by atoms with van der Waals surface area (Å²) in [6, 6.07) is 5.26. The van der Waals surface area contributed by atoms with E-state index < -0.39 is 0 Å². The first-order valence-electron chi connectivity index (χ1n) is 5.01. The molecule has 0 unspecified atom stereocenters. The monoisotopic (exact) mass is 231 g/mol. The number of aldehydes is 1. The lowest BCUT2D eigenvalue weighted by molar-refractivity contribution is 0.112. The van der Waals surface area contributed by atoms with Crippen molar-refractivity contribution in [3.8, 4) is 17.6 Å². The van der Waals surface area contributed by atoms with Crippen molar-refractivity contribution in [2.24, 2.45) is 0 Å². The van der Waals surface area contributed by atoms with Crippen LogP contribution in [0.4, 0.5) is 0 Å². The van der Waals surface area contributed by atoms with Crippen LogP contribution in [0.5, 0.6) is 11.5 Å². The first kappa shape index (κ1) is 12.8. The summed E-state index contributed by atoms with van der Waals surface area (Å²) in [5, 5.41) is 8.47.